The van der Waals surface area contributed by atoms with Crippen molar-refractivity contribution in [2.24, 2.45) is 0 Å². The number of fused-ring (bicyclic) bond motifs is 1. The highest BCUT2D eigenvalue weighted by molar-refractivity contribution is 6.07. The Labute approximate surface area is 205 Å². The maximum absolute atomic E-state index is 13.0. The highest BCUT2D eigenvalue weighted by Gasteiger charge is 2.20. The molecule has 3 aromatic rings. The van der Waals surface area contributed by atoms with Gasteiger partial charge in [-0.2, -0.15) is 0 Å². The molecule has 8 nitrogen and oxygen atoms in total. The van der Waals surface area contributed by atoms with Crippen LogP contribution in [0.4, 0.5) is 16.2 Å². The number of benzene rings is 2. The van der Waals surface area contributed by atoms with Gasteiger partial charge in [0.1, 0.15) is 5.60 Å². The average Bonchev–Trinajstić information content (AvgIpc) is 3.25. The Morgan fingerprint density at radius 3 is 2.54 bits per heavy atom. The molecule has 4 rings (SSSR count). The standard InChI is InChI=1S/C27H33N3O5/c1-27(2,3)35-26(32)30-21-12-5-4-11-20(21)29-25(31)23-17-18-9-8-13-22(24(18)34-23)33-16-14-19-10-6-7-15-28-19/h4-5,8-9,11-13,17,19,28H,6-7,10,14-16H2,1-3H3,(H,29,31)(H,30,32). The van der Waals surface area contributed by atoms with Crippen LogP contribution in [-0.4, -0.2) is 36.8 Å². The van der Waals surface area contributed by atoms with E-state index in [2.05, 4.69) is 16.0 Å². The summed E-state index contributed by atoms with van der Waals surface area (Å²) in [7, 11) is 0. The summed E-state index contributed by atoms with van der Waals surface area (Å²) in [6, 6.07) is 14.7. The summed E-state index contributed by atoms with van der Waals surface area (Å²) in [5.41, 5.74) is 0.754. The van der Waals surface area contributed by atoms with Crippen molar-refractivity contribution in [3.63, 3.8) is 0 Å². The molecule has 0 radical (unpaired) electrons. The van der Waals surface area contributed by atoms with Crippen molar-refractivity contribution in [2.75, 3.05) is 23.8 Å². The number of rotatable bonds is 7. The molecule has 0 aliphatic carbocycles. The predicted molar refractivity (Wildman–Crippen MR) is 136 cm³/mol. The first-order valence-electron chi connectivity index (χ1n) is 12.1. The minimum absolute atomic E-state index is 0.150. The first-order valence-corrected chi connectivity index (χ1v) is 12.1. The summed E-state index contributed by atoms with van der Waals surface area (Å²) in [4.78, 5) is 25.2. The molecule has 1 fully saturated rings. The SMILES string of the molecule is CC(C)(C)OC(=O)Nc1ccccc1NC(=O)c1cc2cccc(OCCC3CCCCN3)c2o1. The van der Waals surface area contributed by atoms with Crippen LogP contribution in [0, 0.1) is 0 Å². The van der Waals surface area contributed by atoms with Gasteiger partial charge in [0.2, 0.25) is 0 Å². The predicted octanol–water partition coefficient (Wildman–Crippen LogP) is 5.94. The molecule has 0 bridgehead atoms. The van der Waals surface area contributed by atoms with Gasteiger partial charge in [-0.15, -0.1) is 0 Å². The van der Waals surface area contributed by atoms with Crippen LogP contribution in [0.25, 0.3) is 11.0 Å². The maximum atomic E-state index is 13.0. The van der Waals surface area contributed by atoms with E-state index in [0.717, 1.165) is 18.4 Å². The largest absolute Gasteiger partial charge is 0.490 e. The summed E-state index contributed by atoms with van der Waals surface area (Å²) in [6.07, 6.45) is 3.97. The van der Waals surface area contributed by atoms with Gasteiger partial charge in [0.15, 0.2) is 17.1 Å². The molecule has 0 spiro atoms. The molecule has 1 aliphatic heterocycles. The Bertz CT molecular complexity index is 1180. The average molecular weight is 480 g/mol. The number of ether oxygens (including phenoxy) is 2. The van der Waals surface area contributed by atoms with Crippen molar-refractivity contribution < 1.29 is 23.5 Å². The van der Waals surface area contributed by atoms with Crippen LogP contribution < -0.4 is 20.7 Å². The second-order valence-electron chi connectivity index (χ2n) is 9.70. The molecule has 1 aromatic heterocycles. The zero-order chi connectivity index (χ0) is 24.8. The number of carbonyl (C=O) groups excluding carboxylic acids is 2. The number of anilines is 2. The third-order valence-corrected chi connectivity index (χ3v) is 5.68. The first-order chi connectivity index (χ1) is 16.8. The van der Waals surface area contributed by atoms with Crippen LogP contribution in [0.15, 0.2) is 52.9 Å². The highest BCUT2D eigenvalue weighted by Crippen LogP contribution is 2.30. The number of hydrogen-bond donors (Lipinski definition) is 3. The van der Waals surface area contributed by atoms with Crippen molar-refractivity contribution >= 4 is 34.3 Å². The molecule has 1 aliphatic rings. The van der Waals surface area contributed by atoms with Gasteiger partial charge in [-0.1, -0.05) is 30.7 Å². The summed E-state index contributed by atoms with van der Waals surface area (Å²) in [6.45, 7) is 6.99. The molecule has 1 unspecified atom stereocenters. The van der Waals surface area contributed by atoms with E-state index in [1.807, 2.05) is 18.2 Å². The molecule has 1 atom stereocenters. The number of para-hydroxylation sites is 3. The van der Waals surface area contributed by atoms with E-state index in [-0.39, 0.29) is 5.76 Å². The lowest BCUT2D eigenvalue weighted by Crippen LogP contribution is -2.35. The second-order valence-corrected chi connectivity index (χ2v) is 9.70. The third kappa shape index (κ3) is 6.76. The van der Waals surface area contributed by atoms with E-state index in [0.29, 0.717) is 35.4 Å². The van der Waals surface area contributed by atoms with E-state index in [1.165, 1.54) is 19.3 Å². The van der Waals surface area contributed by atoms with Crippen LogP contribution in [0.5, 0.6) is 5.75 Å². The number of amides is 2. The summed E-state index contributed by atoms with van der Waals surface area (Å²) >= 11 is 0. The fraction of sp³-hybridized carbons (Fsp3) is 0.407. The first kappa shape index (κ1) is 24.6. The van der Waals surface area contributed by atoms with Crippen molar-refractivity contribution in [3.8, 4) is 5.75 Å². The minimum atomic E-state index is -0.636. The van der Waals surface area contributed by atoms with Gasteiger partial charge in [-0.25, -0.2) is 4.79 Å². The van der Waals surface area contributed by atoms with Crippen molar-refractivity contribution in [3.05, 3.63) is 54.3 Å². The Balaban J connectivity index is 1.43. The topological polar surface area (TPSA) is 102 Å². The molecule has 3 N–H and O–H groups in total. The van der Waals surface area contributed by atoms with Gasteiger partial charge in [0.25, 0.3) is 5.91 Å². The number of piperidine rings is 1. The van der Waals surface area contributed by atoms with E-state index in [4.69, 9.17) is 13.9 Å². The van der Waals surface area contributed by atoms with Crippen LogP contribution in [0.3, 0.4) is 0 Å². The molecule has 2 amide bonds. The Kier molecular flexibility index (Phi) is 7.60. The van der Waals surface area contributed by atoms with E-state index < -0.39 is 17.6 Å². The van der Waals surface area contributed by atoms with Gasteiger partial charge < -0.3 is 24.5 Å². The molecule has 8 heteroatoms. The molecule has 35 heavy (non-hydrogen) atoms. The number of carbonyl (C=O) groups is 2. The molecule has 2 aromatic carbocycles. The van der Waals surface area contributed by atoms with Gasteiger partial charge in [0, 0.05) is 11.4 Å². The number of nitrogens with one attached hydrogen (secondary N) is 3. The van der Waals surface area contributed by atoms with Gasteiger partial charge in [-0.05, 0) is 70.8 Å². The number of hydrogen-bond acceptors (Lipinski definition) is 6. The molecule has 1 saturated heterocycles. The maximum Gasteiger partial charge on any atom is 0.412 e. The molecular weight excluding hydrogens is 446 g/mol. The van der Waals surface area contributed by atoms with Crippen molar-refractivity contribution in [1.82, 2.24) is 5.32 Å². The summed E-state index contributed by atoms with van der Waals surface area (Å²) in [5.74, 6) is 0.332. The van der Waals surface area contributed by atoms with Gasteiger partial charge in [-0.3, -0.25) is 10.1 Å². The second kappa shape index (κ2) is 10.8. The monoisotopic (exact) mass is 479 g/mol. The fourth-order valence-corrected chi connectivity index (χ4v) is 4.04. The van der Waals surface area contributed by atoms with Gasteiger partial charge >= 0.3 is 6.09 Å². The molecular formula is C27H33N3O5. The third-order valence-electron chi connectivity index (χ3n) is 5.68. The zero-order valence-electron chi connectivity index (χ0n) is 20.5. The lowest BCUT2D eigenvalue weighted by atomic mass is 10.0. The van der Waals surface area contributed by atoms with Crippen LogP contribution in [0.2, 0.25) is 0 Å². The fourth-order valence-electron chi connectivity index (χ4n) is 4.04. The number of furan rings is 1. The lowest BCUT2D eigenvalue weighted by molar-refractivity contribution is 0.0635. The van der Waals surface area contributed by atoms with Crippen molar-refractivity contribution in [2.45, 2.75) is 58.1 Å². The highest BCUT2D eigenvalue weighted by atomic mass is 16.6. The summed E-state index contributed by atoms with van der Waals surface area (Å²) in [5, 5.41) is 9.79. The quantitative estimate of drug-likeness (QED) is 0.387. The van der Waals surface area contributed by atoms with Gasteiger partial charge in [0.05, 0.1) is 18.0 Å². The Morgan fingerprint density at radius 1 is 1.06 bits per heavy atom. The van der Waals surface area contributed by atoms with Crippen LogP contribution in [-0.2, 0) is 4.74 Å². The van der Waals surface area contributed by atoms with E-state index in [9.17, 15) is 9.59 Å². The lowest BCUT2D eigenvalue weighted by Gasteiger charge is -2.23. The van der Waals surface area contributed by atoms with E-state index >= 15 is 0 Å². The minimum Gasteiger partial charge on any atom is -0.490 e. The zero-order valence-corrected chi connectivity index (χ0v) is 20.5. The Hall–Kier alpha value is -3.52. The molecule has 186 valence electrons. The van der Waals surface area contributed by atoms with Crippen LogP contribution in [0.1, 0.15) is 57.0 Å². The smallest absolute Gasteiger partial charge is 0.412 e. The Morgan fingerprint density at radius 2 is 1.83 bits per heavy atom. The molecule has 2 heterocycles. The van der Waals surface area contributed by atoms with Crippen LogP contribution >= 0.6 is 0 Å². The summed E-state index contributed by atoms with van der Waals surface area (Å²) < 4.78 is 17.2. The van der Waals surface area contributed by atoms with Crippen molar-refractivity contribution in [1.29, 1.82) is 0 Å². The normalized spacial score (nSPS) is 16.0. The molecule has 0 saturated carbocycles. The van der Waals surface area contributed by atoms with E-state index in [1.54, 1.807) is 51.1 Å².